The molecule has 2 aliphatic rings. The molecule has 1 fully saturated rings. The topological polar surface area (TPSA) is 87.5 Å². The van der Waals surface area contributed by atoms with E-state index in [4.69, 9.17) is 10.00 Å². The van der Waals surface area contributed by atoms with Gasteiger partial charge in [0.1, 0.15) is 6.04 Å². The number of carbonyl (C=O) groups is 3. The summed E-state index contributed by atoms with van der Waals surface area (Å²) in [7, 11) is 1.70. The highest BCUT2D eigenvalue weighted by Crippen LogP contribution is 2.33. The zero-order valence-electron chi connectivity index (χ0n) is 21.9. The van der Waals surface area contributed by atoms with Crippen LogP contribution in [-0.2, 0) is 22.4 Å². The van der Waals surface area contributed by atoms with Gasteiger partial charge in [0.05, 0.1) is 30.9 Å². The molecule has 2 aromatic carbocycles. The molecule has 0 aromatic heterocycles. The van der Waals surface area contributed by atoms with Gasteiger partial charge in [-0.25, -0.2) is 4.79 Å². The Kier molecular flexibility index (Phi) is 8.40. The van der Waals surface area contributed by atoms with Crippen LogP contribution in [0.25, 0.3) is 0 Å². The summed E-state index contributed by atoms with van der Waals surface area (Å²) in [5, 5.41) is 8.97. The fraction of sp³-hybridized carbons (Fsp3) is 0.467. The molecule has 7 heteroatoms. The van der Waals surface area contributed by atoms with Gasteiger partial charge in [-0.1, -0.05) is 18.6 Å². The number of imide groups is 1. The lowest BCUT2D eigenvalue weighted by atomic mass is 9.91. The lowest BCUT2D eigenvalue weighted by Crippen LogP contribution is -2.60. The van der Waals surface area contributed by atoms with Crippen LogP contribution in [0, 0.1) is 11.3 Å². The minimum Gasteiger partial charge on any atom is -0.420 e. The van der Waals surface area contributed by atoms with Crippen LogP contribution in [0.2, 0.25) is 0 Å². The zero-order valence-corrected chi connectivity index (χ0v) is 21.9. The molecule has 2 aromatic rings. The SMILES string of the molecule is CCOC(=O)[N+](C)(C(=O)c1ccc2c(c1)CCCN2C(=O)CCc1ccc(C#N)cc1)C1CCCCC1. The monoisotopic (exact) mass is 502 g/mol. The van der Waals surface area contributed by atoms with Gasteiger partial charge >= 0.3 is 12.0 Å². The fourth-order valence-electron chi connectivity index (χ4n) is 5.64. The zero-order chi connectivity index (χ0) is 26.4. The lowest BCUT2D eigenvalue weighted by Gasteiger charge is -2.37. The summed E-state index contributed by atoms with van der Waals surface area (Å²) in [6.45, 7) is 2.64. The van der Waals surface area contributed by atoms with Gasteiger partial charge in [-0.2, -0.15) is 14.5 Å². The molecule has 1 aliphatic carbocycles. The van der Waals surface area contributed by atoms with E-state index >= 15 is 0 Å². The van der Waals surface area contributed by atoms with Crippen molar-refractivity contribution < 1.29 is 23.6 Å². The molecule has 37 heavy (non-hydrogen) atoms. The molecule has 1 saturated carbocycles. The molecule has 0 N–H and O–H groups in total. The van der Waals surface area contributed by atoms with E-state index in [0.717, 1.165) is 61.8 Å². The Balaban J connectivity index is 1.53. The van der Waals surface area contributed by atoms with Crippen LogP contribution >= 0.6 is 0 Å². The van der Waals surface area contributed by atoms with Crippen molar-refractivity contribution in [3.8, 4) is 6.07 Å². The summed E-state index contributed by atoms with van der Waals surface area (Å²) in [4.78, 5) is 41.9. The first-order valence-corrected chi connectivity index (χ1v) is 13.4. The predicted molar refractivity (Wildman–Crippen MR) is 141 cm³/mol. The van der Waals surface area contributed by atoms with Gasteiger partial charge in [-0.3, -0.25) is 4.79 Å². The number of ether oxygens (including phenoxy) is 1. The molecule has 7 nitrogen and oxygen atoms in total. The molecular weight excluding hydrogens is 466 g/mol. The number of rotatable bonds is 6. The highest BCUT2D eigenvalue weighted by molar-refractivity contribution is 5.98. The number of aryl methyl sites for hydroxylation is 2. The third-order valence-electron chi connectivity index (χ3n) is 7.83. The van der Waals surface area contributed by atoms with Crippen LogP contribution in [0.15, 0.2) is 42.5 Å². The largest absolute Gasteiger partial charge is 0.523 e. The Morgan fingerprint density at radius 2 is 1.78 bits per heavy atom. The molecule has 1 unspecified atom stereocenters. The van der Waals surface area contributed by atoms with Crippen molar-refractivity contribution in [2.24, 2.45) is 0 Å². The summed E-state index contributed by atoms with van der Waals surface area (Å²) in [5.74, 6) is -0.198. The van der Waals surface area contributed by atoms with Gasteiger partial charge in [-0.15, -0.1) is 0 Å². The van der Waals surface area contributed by atoms with E-state index in [2.05, 4.69) is 6.07 Å². The predicted octanol–water partition coefficient (Wildman–Crippen LogP) is 5.55. The fourth-order valence-corrected chi connectivity index (χ4v) is 5.64. The molecule has 4 rings (SSSR count). The molecule has 0 bridgehead atoms. The number of carbonyl (C=O) groups excluding carboxylic acids is 3. The van der Waals surface area contributed by atoms with Crippen LogP contribution in [-0.4, -0.2) is 48.6 Å². The summed E-state index contributed by atoms with van der Waals surface area (Å²) in [6.07, 6.45) is 6.88. The van der Waals surface area contributed by atoms with E-state index in [1.54, 1.807) is 32.2 Å². The first-order valence-electron chi connectivity index (χ1n) is 13.4. The summed E-state index contributed by atoms with van der Waals surface area (Å²) < 4.78 is 5.02. The van der Waals surface area contributed by atoms with E-state index < -0.39 is 6.09 Å². The van der Waals surface area contributed by atoms with Gasteiger partial charge < -0.3 is 9.64 Å². The Bertz CT molecular complexity index is 1190. The van der Waals surface area contributed by atoms with Crippen molar-refractivity contribution in [2.75, 3.05) is 25.1 Å². The minimum atomic E-state index is -0.489. The molecular formula is C30H36N3O4+. The van der Waals surface area contributed by atoms with Gasteiger partial charge in [0.15, 0.2) is 0 Å². The second-order valence-corrected chi connectivity index (χ2v) is 10.2. The summed E-state index contributed by atoms with van der Waals surface area (Å²) in [6, 6.07) is 14.8. The summed E-state index contributed by atoms with van der Waals surface area (Å²) in [5.41, 5.74) is 3.92. The van der Waals surface area contributed by atoms with Crippen molar-refractivity contribution in [1.29, 1.82) is 5.26 Å². The Labute approximate surface area is 219 Å². The van der Waals surface area contributed by atoms with Crippen molar-refractivity contribution in [2.45, 2.75) is 70.8 Å². The molecule has 0 spiro atoms. The van der Waals surface area contributed by atoms with Gasteiger partial charge in [-0.05, 0) is 80.5 Å². The van der Waals surface area contributed by atoms with Gasteiger partial charge in [0.2, 0.25) is 5.91 Å². The number of quaternary nitrogens is 1. The van der Waals surface area contributed by atoms with Crippen molar-refractivity contribution >= 4 is 23.6 Å². The van der Waals surface area contributed by atoms with E-state index in [0.29, 0.717) is 30.5 Å². The van der Waals surface area contributed by atoms with Crippen LogP contribution < -0.4 is 4.90 Å². The van der Waals surface area contributed by atoms with Crippen molar-refractivity contribution in [3.63, 3.8) is 0 Å². The van der Waals surface area contributed by atoms with Crippen molar-refractivity contribution in [1.82, 2.24) is 0 Å². The number of anilines is 1. The Morgan fingerprint density at radius 1 is 1.05 bits per heavy atom. The maximum absolute atomic E-state index is 13.9. The number of amides is 3. The van der Waals surface area contributed by atoms with E-state index in [1.165, 1.54) is 0 Å². The highest BCUT2D eigenvalue weighted by Gasteiger charge is 2.49. The van der Waals surface area contributed by atoms with Gasteiger partial charge in [0, 0.05) is 31.5 Å². The van der Waals surface area contributed by atoms with Crippen LogP contribution in [0.4, 0.5) is 10.5 Å². The third kappa shape index (κ3) is 5.60. The molecule has 0 radical (unpaired) electrons. The Morgan fingerprint density at radius 3 is 2.46 bits per heavy atom. The minimum absolute atomic E-state index is 0.0405. The standard InChI is InChI=1S/C30H36N3O4/c1-3-37-30(36)33(2,26-9-5-4-6-10-26)29(35)25-16-17-27-24(20-25)8-7-19-32(27)28(34)18-15-22-11-13-23(21-31)14-12-22/h11-14,16-17,20,26H,3-10,15,18-19H2,1-2H3/q+1. The second kappa shape index (κ2) is 11.7. The maximum Gasteiger partial charge on any atom is 0.523 e. The molecule has 3 amide bonds. The highest BCUT2D eigenvalue weighted by atomic mass is 16.6. The average molecular weight is 503 g/mol. The number of nitrogens with zero attached hydrogens (tertiary/aromatic N) is 3. The first-order chi connectivity index (χ1) is 17.9. The van der Waals surface area contributed by atoms with Crippen LogP contribution in [0.1, 0.15) is 78.9 Å². The number of fused-ring (bicyclic) bond motifs is 1. The van der Waals surface area contributed by atoms with Crippen LogP contribution in [0.3, 0.4) is 0 Å². The average Bonchev–Trinajstić information content (AvgIpc) is 2.95. The van der Waals surface area contributed by atoms with E-state index in [-0.39, 0.29) is 28.9 Å². The van der Waals surface area contributed by atoms with Crippen molar-refractivity contribution in [3.05, 3.63) is 64.7 Å². The molecule has 1 atom stereocenters. The Hall–Kier alpha value is -3.50. The number of benzene rings is 2. The lowest BCUT2D eigenvalue weighted by molar-refractivity contribution is -0.784. The normalized spacial score (nSPS) is 17.3. The molecule has 1 heterocycles. The van der Waals surface area contributed by atoms with Crippen LogP contribution in [0.5, 0.6) is 0 Å². The first kappa shape index (κ1) is 26.6. The van der Waals surface area contributed by atoms with E-state index in [1.807, 2.05) is 29.2 Å². The molecule has 1 aliphatic heterocycles. The third-order valence-corrected chi connectivity index (χ3v) is 7.83. The van der Waals surface area contributed by atoms with E-state index in [9.17, 15) is 14.4 Å². The van der Waals surface area contributed by atoms with Gasteiger partial charge in [0.25, 0.3) is 0 Å². The molecule has 0 saturated heterocycles. The number of nitriles is 1. The molecule has 194 valence electrons. The summed E-state index contributed by atoms with van der Waals surface area (Å²) >= 11 is 0. The smallest absolute Gasteiger partial charge is 0.420 e. The number of hydrogen-bond donors (Lipinski definition) is 0. The maximum atomic E-state index is 13.9. The second-order valence-electron chi connectivity index (χ2n) is 10.2. The quantitative estimate of drug-likeness (QED) is 0.484. The number of hydrogen-bond acceptors (Lipinski definition) is 5.